The number of rotatable bonds is 5. The molecule has 0 aliphatic rings. The van der Waals surface area contributed by atoms with Gasteiger partial charge in [-0.05, 0) is 18.2 Å². The standard InChI is InChI=1S/C12H13N5O/c18-11(17-10-2-7-13-8-3-10)4-9-16-12-14-5-1-6-15-12/h1-3,5-8H,4,9H2,(H,13,17,18)(H,14,15,16). The van der Waals surface area contributed by atoms with E-state index in [9.17, 15) is 4.79 Å². The van der Waals surface area contributed by atoms with E-state index in [1.54, 1.807) is 43.0 Å². The third kappa shape index (κ3) is 3.82. The van der Waals surface area contributed by atoms with Crippen molar-refractivity contribution >= 4 is 17.5 Å². The van der Waals surface area contributed by atoms with E-state index in [0.717, 1.165) is 5.69 Å². The summed E-state index contributed by atoms with van der Waals surface area (Å²) in [4.78, 5) is 23.5. The van der Waals surface area contributed by atoms with E-state index < -0.39 is 0 Å². The predicted octanol–water partition coefficient (Wildman–Crippen LogP) is 1.31. The fraction of sp³-hybridized carbons (Fsp3) is 0.167. The highest BCUT2D eigenvalue weighted by molar-refractivity contribution is 5.90. The molecular weight excluding hydrogens is 230 g/mol. The maximum absolute atomic E-state index is 11.6. The summed E-state index contributed by atoms with van der Waals surface area (Å²) in [7, 11) is 0. The van der Waals surface area contributed by atoms with Gasteiger partial charge < -0.3 is 10.6 Å². The van der Waals surface area contributed by atoms with E-state index in [-0.39, 0.29) is 5.91 Å². The Hall–Kier alpha value is -2.50. The first kappa shape index (κ1) is 12.0. The molecule has 1 amide bonds. The Labute approximate surface area is 105 Å². The van der Waals surface area contributed by atoms with Crippen molar-refractivity contribution in [3.63, 3.8) is 0 Å². The zero-order valence-electron chi connectivity index (χ0n) is 9.71. The zero-order chi connectivity index (χ0) is 12.6. The highest BCUT2D eigenvalue weighted by atomic mass is 16.1. The summed E-state index contributed by atoms with van der Waals surface area (Å²) < 4.78 is 0. The minimum absolute atomic E-state index is 0.0652. The third-order valence-corrected chi connectivity index (χ3v) is 2.17. The van der Waals surface area contributed by atoms with Gasteiger partial charge in [0.1, 0.15) is 0 Å². The SMILES string of the molecule is O=C(CCNc1ncccn1)Nc1ccncc1. The van der Waals surface area contributed by atoms with E-state index in [2.05, 4.69) is 25.6 Å². The highest BCUT2D eigenvalue weighted by Crippen LogP contribution is 2.03. The van der Waals surface area contributed by atoms with Crippen molar-refractivity contribution in [2.24, 2.45) is 0 Å². The number of nitrogens with one attached hydrogen (secondary N) is 2. The lowest BCUT2D eigenvalue weighted by atomic mass is 10.3. The Morgan fingerprint density at radius 2 is 1.83 bits per heavy atom. The number of anilines is 2. The Bertz CT molecular complexity index is 488. The number of nitrogens with zero attached hydrogens (tertiary/aromatic N) is 3. The zero-order valence-corrected chi connectivity index (χ0v) is 9.71. The molecule has 0 atom stereocenters. The van der Waals surface area contributed by atoms with Gasteiger partial charge in [-0.1, -0.05) is 0 Å². The van der Waals surface area contributed by atoms with Crippen LogP contribution in [0.25, 0.3) is 0 Å². The van der Waals surface area contributed by atoms with Gasteiger partial charge in [-0.15, -0.1) is 0 Å². The molecule has 6 heteroatoms. The van der Waals surface area contributed by atoms with E-state index in [0.29, 0.717) is 18.9 Å². The second kappa shape index (κ2) is 6.29. The normalized spacial score (nSPS) is 9.78. The Kier molecular flexibility index (Phi) is 4.18. The molecule has 0 aromatic carbocycles. The molecule has 0 radical (unpaired) electrons. The molecule has 92 valence electrons. The van der Waals surface area contributed by atoms with E-state index >= 15 is 0 Å². The quantitative estimate of drug-likeness (QED) is 0.827. The first-order valence-electron chi connectivity index (χ1n) is 5.55. The first-order valence-corrected chi connectivity index (χ1v) is 5.55. The van der Waals surface area contributed by atoms with Crippen molar-refractivity contribution in [3.8, 4) is 0 Å². The summed E-state index contributed by atoms with van der Waals surface area (Å²) in [6, 6.07) is 5.22. The number of amides is 1. The molecule has 2 rings (SSSR count). The van der Waals surface area contributed by atoms with E-state index in [1.165, 1.54) is 0 Å². The molecule has 0 aliphatic carbocycles. The van der Waals surface area contributed by atoms with E-state index in [4.69, 9.17) is 0 Å². The van der Waals surface area contributed by atoms with Gasteiger partial charge in [0.2, 0.25) is 11.9 Å². The third-order valence-electron chi connectivity index (χ3n) is 2.17. The second-order valence-corrected chi connectivity index (χ2v) is 3.53. The van der Waals surface area contributed by atoms with E-state index in [1.807, 2.05) is 0 Å². The molecule has 0 unspecified atom stereocenters. The van der Waals surface area contributed by atoms with Gasteiger partial charge in [0.15, 0.2) is 0 Å². The molecule has 0 saturated carbocycles. The Morgan fingerprint density at radius 3 is 2.56 bits per heavy atom. The van der Waals surface area contributed by atoms with Crippen molar-refractivity contribution in [1.29, 1.82) is 0 Å². The van der Waals surface area contributed by atoms with Gasteiger partial charge in [0.25, 0.3) is 0 Å². The molecule has 0 spiro atoms. The van der Waals surface area contributed by atoms with Crippen LogP contribution in [-0.2, 0) is 4.79 Å². The summed E-state index contributed by atoms with van der Waals surface area (Å²) in [5.74, 6) is 0.457. The summed E-state index contributed by atoms with van der Waals surface area (Å²) in [5, 5.41) is 5.73. The van der Waals surface area contributed by atoms with Gasteiger partial charge in [-0.25, -0.2) is 9.97 Å². The van der Waals surface area contributed by atoms with Crippen LogP contribution in [0.15, 0.2) is 43.0 Å². The summed E-state index contributed by atoms with van der Waals surface area (Å²) in [6.07, 6.45) is 6.90. The van der Waals surface area contributed by atoms with Crippen LogP contribution < -0.4 is 10.6 Å². The van der Waals surface area contributed by atoms with Gasteiger partial charge in [-0.3, -0.25) is 9.78 Å². The van der Waals surface area contributed by atoms with Gasteiger partial charge in [-0.2, -0.15) is 0 Å². The lowest BCUT2D eigenvalue weighted by molar-refractivity contribution is -0.115. The molecule has 6 nitrogen and oxygen atoms in total. The predicted molar refractivity (Wildman–Crippen MR) is 68.0 cm³/mol. The topological polar surface area (TPSA) is 79.8 Å². The molecule has 2 heterocycles. The van der Waals surface area contributed by atoms with Gasteiger partial charge in [0, 0.05) is 43.4 Å². The van der Waals surface area contributed by atoms with Crippen LogP contribution in [0.1, 0.15) is 6.42 Å². The van der Waals surface area contributed by atoms with Crippen molar-refractivity contribution in [3.05, 3.63) is 43.0 Å². The molecule has 0 bridgehead atoms. The van der Waals surface area contributed by atoms with Crippen molar-refractivity contribution < 1.29 is 4.79 Å². The Morgan fingerprint density at radius 1 is 1.11 bits per heavy atom. The first-order chi connectivity index (χ1) is 8.84. The minimum Gasteiger partial charge on any atom is -0.354 e. The van der Waals surface area contributed by atoms with Gasteiger partial charge in [0.05, 0.1) is 0 Å². The molecular formula is C12H13N5O. The van der Waals surface area contributed by atoms with Crippen molar-refractivity contribution in [2.45, 2.75) is 6.42 Å². The van der Waals surface area contributed by atoms with Crippen LogP contribution in [0, 0.1) is 0 Å². The minimum atomic E-state index is -0.0652. The lowest BCUT2D eigenvalue weighted by Gasteiger charge is -2.05. The largest absolute Gasteiger partial charge is 0.354 e. The molecule has 0 fully saturated rings. The number of carbonyl (C=O) groups is 1. The lowest BCUT2D eigenvalue weighted by Crippen LogP contribution is -2.16. The number of hydrogen-bond acceptors (Lipinski definition) is 5. The molecule has 2 aromatic heterocycles. The maximum atomic E-state index is 11.6. The average Bonchev–Trinajstić information content (AvgIpc) is 2.41. The van der Waals surface area contributed by atoms with Crippen molar-refractivity contribution in [2.75, 3.05) is 17.2 Å². The second-order valence-electron chi connectivity index (χ2n) is 3.53. The van der Waals surface area contributed by atoms with Crippen LogP contribution in [0.5, 0.6) is 0 Å². The van der Waals surface area contributed by atoms with Gasteiger partial charge >= 0.3 is 0 Å². The Balaban J connectivity index is 1.73. The highest BCUT2D eigenvalue weighted by Gasteiger charge is 2.02. The summed E-state index contributed by atoms with van der Waals surface area (Å²) >= 11 is 0. The van der Waals surface area contributed by atoms with Crippen LogP contribution in [-0.4, -0.2) is 27.4 Å². The average molecular weight is 243 g/mol. The van der Waals surface area contributed by atoms with Crippen LogP contribution in [0.4, 0.5) is 11.6 Å². The molecule has 2 aromatic rings. The molecule has 0 saturated heterocycles. The maximum Gasteiger partial charge on any atom is 0.226 e. The smallest absolute Gasteiger partial charge is 0.226 e. The summed E-state index contributed by atoms with van der Waals surface area (Å²) in [6.45, 7) is 0.487. The monoisotopic (exact) mass is 243 g/mol. The van der Waals surface area contributed by atoms with Crippen LogP contribution in [0.3, 0.4) is 0 Å². The summed E-state index contributed by atoms with van der Waals surface area (Å²) in [5.41, 5.74) is 0.742. The van der Waals surface area contributed by atoms with Crippen LogP contribution >= 0.6 is 0 Å². The molecule has 0 aliphatic heterocycles. The van der Waals surface area contributed by atoms with Crippen LogP contribution in [0.2, 0.25) is 0 Å². The fourth-order valence-corrected chi connectivity index (χ4v) is 1.34. The van der Waals surface area contributed by atoms with Crippen molar-refractivity contribution in [1.82, 2.24) is 15.0 Å². The fourth-order valence-electron chi connectivity index (χ4n) is 1.34. The molecule has 2 N–H and O–H groups in total. The number of hydrogen-bond donors (Lipinski definition) is 2. The number of aromatic nitrogens is 3. The number of pyridine rings is 1. The number of carbonyl (C=O) groups excluding carboxylic acids is 1. The molecule has 18 heavy (non-hydrogen) atoms.